The molecule has 1 aromatic rings. The molecular weight excluding hydrogens is 292 g/mol. The number of aromatic nitrogens is 1. The number of fused-ring (bicyclic) bond motifs is 1. The van der Waals surface area contributed by atoms with E-state index in [0.29, 0.717) is 5.25 Å². The van der Waals surface area contributed by atoms with E-state index >= 15 is 0 Å². The normalized spacial score (nSPS) is 32.8. The largest absolute Gasteiger partial charge is 0.381 e. The summed E-state index contributed by atoms with van der Waals surface area (Å²) in [5.41, 5.74) is 3.04. The van der Waals surface area contributed by atoms with E-state index in [-0.39, 0.29) is 0 Å². The second-order valence-corrected chi connectivity index (χ2v) is 8.35. The van der Waals surface area contributed by atoms with Crippen molar-refractivity contribution in [2.24, 2.45) is 0 Å². The summed E-state index contributed by atoms with van der Waals surface area (Å²) >= 11 is 2.23. The summed E-state index contributed by atoms with van der Waals surface area (Å²) in [4.78, 5) is 7.02. The number of pyridine rings is 1. The minimum atomic E-state index is 0.709. The molecule has 0 radical (unpaired) electrons. The number of likely N-dealkylation sites (tertiary alicyclic amines) is 1. The zero-order valence-corrected chi connectivity index (χ0v) is 14.1. The van der Waals surface area contributed by atoms with Crippen molar-refractivity contribution in [2.45, 2.75) is 55.1 Å². The highest BCUT2D eigenvalue weighted by molar-refractivity contribution is 8.00. The molecule has 1 aromatic heterocycles. The Kier molecular flexibility index (Phi) is 4.69. The van der Waals surface area contributed by atoms with Crippen LogP contribution in [0.3, 0.4) is 0 Å². The zero-order chi connectivity index (χ0) is 14.8. The fourth-order valence-electron chi connectivity index (χ4n) is 4.23. The number of nitrogens with zero attached hydrogens (tertiary/aromatic N) is 2. The number of rotatable bonds is 3. The van der Waals surface area contributed by atoms with Gasteiger partial charge < -0.3 is 4.74 Å². The van der Waals surface area contributed by atoms with Gasteiger partial charge in [0.1, 0.15) is 0 Å². The van der Waals surface area contributed by atoms with Gasteiger partial charge in [-0.15, -0.1) is 11.8 Å². The summed E-state index contributed by atoms with van der Waals surface area (Å²) in [6.07, 6.45) is 11.7. The van der Waals surface area contributed by atoms with Crippen LogP contribution in [-0.4, -0.2) is 47.5 Å². The van der Waals surface area contributed by atoms with Crippen LogP contribution < -0.4 is 0 Å². The van der Waals surface area contributed by atoms with Crippen molar-refractivity contribution in [3.05, 3.63) is 29.6 Å². The average molecular weight is 318 g/mol. The van der Waals surface area contributed by atoms with E-state index in [1.54, 1.807) is 5.56 Å². The van der Waals surface area contributed by atoms with Crippen LogP contribution in [0.2, 0.25) is 0 Å². The lowest BCUT2D eigenvalue weighted by atomic mass is 10.1. The van der Waals surface area contributed by atoms with Gasteiger partial charge in [-0.1, -0.05) is 0 Å². The molecule has 4 rings (SSSR count). The third-order valence-corrected chi connectivity index (χ3v) is 7.02. The molecule has 3 aliphatic rings. The van der Waals surface area contributed by atoms with E-state index < -0.39 is 0 Å². The fourth-order valence-corrected chi connectivity index (χ4v) is 5.84. The molecule has 3 unspecified atom stereocenters. The molecule has 0 N–H and O–H groups in total. The molecule has 2 saturated heterocycles. The molecule has 22 heavy (non-hydrogen) atoms. The first-order valence-corrected chi connectivity index (χ1v) is 9.74. The van der Waals surface area contributed by atoms with Gasteiger partial charge in [0.2, 0.25) is 0 Å². The van der Waals surface area contributed by atoms with Gasteiger partial charge in [-0.05, 0) is 62.3 Å². The highest BCUT2D eigenvalue weighted by atomic mass is 32.2. The molecule has 4 heteroatoms. The Morgan fingerprint density at radius 2 is 2.18 bits per heavy atom. The number of hydrogen-bond donors (Lipinski definition) is 0. The summed E-state index contributed by atoms with van der Waals surface area (Å²) in [6.45, 7) is 4.50. The van der Waals surface area contributed by atoms with E-state index in [1.807, 2.05) is 6.20 Å². The standard InChI is InChI=1S/C18H26N2OS/c1-2-15(7-11-21-10-1)20-9-6-16(13-20)22-18-4-3-14-12-19-8-5-17(14)18/h5,8,12,15-16,18H,1-4,6-7,9-11,13H2. The summed E-state index contributed by atoms with van der Waals surface area (Å²) in [5, 5.41) is 1.52. The van der Waals surface area contributed by atoms with Gasteiger partial charge >= 0.3 is 0 Å². The molecule has 0 amide bonds. The lowest BCUT2D eigenvalue weighted by Crippen LogP contribution is -2.34. The van der Waals surface area contributed by atoms with Crippen molar-refractivity contribution < 1.29 is 4.74 Å². The Morgan fingerprint density at radius 1 is 1.18 bits per heavy atom. The average Bonchev–Trinajstić information content (AvgIpc) is 3.08. The highest BCUT2D eigenvalue weighted by Crippen LogP contribution is 2.44. The summed E-state index contributed by atoms with van der Waals surface area (Å²) in [5.74, 6) is 0. The predicted octanol–water partition coefficient (Wildman–Crippen LogP) is 3.45. The first-order chi connectivity index (χ1) is 10.9. The smallest absolute Gasteiger partial charge is 0.0480 e. The van der Waals surface area contributed by atoms with Gasteiger partial charge in [0.25, 0.3) is 0 Å². The monoisotopic (exact) mass is 318 g/mol. The van der Waals surface area contributed by atoms with Crippen molar-refractivity contribution in [3.8, 4) is 0 Å². The van der Waals surface area contributed by atoms with Crippen LogP contribution in [0.15, 0.2) is 18.5 Å². The van der Waals surface area contributed by atoms with Crippen molar-refractivity contribution >= 4 is 11.8 Å². The van der Waals surface area contributed by atoms with Crippen LogP contribution in [0.25, 0.3) is 0 Å². The first kappa shape index (κ1) is 15.0. The second-order valence-electron chi connectivity index (χ2n) is 6.84. The minimum absolute atomic E-state index is 0.709. The van der Waals surface area contributed by atoms with Crippen molar-refractivity contribution in [1.29, 1.82) is 0 Å². The molecule has 2 fully saturated rings. The molecule has 3 heterocycles. The third-order valence-electron chi connectivity index (χ3n) is 5.44. The van der Waals surface area contributed by atoms with Gasteiger partial charge in [0.05, 0.1) is 0 Å². The van der Waals surface area contributed by atoms with Crippen molar-refractivity contribution in [2.75, 3.05) is 26.3 Å². The maximum absolute atomic E-state index is 5.62. The van der Waals surface area contributed by atoms with E-state index in [0.717, 1.165) is 24.5 Å². The van der Waals surface area contributed by atoms with Crippen LogP contribution in [0.4, 0.5) is 0 Å². The van der Waals surface area contributed by atoms with Crippen molar-refractivity contribution in [1.82, 2.24) is 9.88 Å². The second kappa shape index (κ2) is 6.90. The van der Waals surface area contributed by atoms with E-state index in [1.165, 1.54) is 57.2 Å². The Bertz CT molecular complexity index is 502. The Morgan fingerprint density at radius 3 is 3.18 bits per heavy atom. The Labute approximate surface area is 137 Å². The number of ether oxygens (including phenoxy) is 1. The summed E-state index contributed by atoms with van der Waals surface area (Å²) in [6, 6.07) is 3.02. The van der Waals surface area contributed by atoms with E-state index in [2.05, 4.69) is 33.9 Å². The topological polar surface area (TPSA) is 25.4 Å². The van der Waals surface area contributed by atoms with Gasteiger partial charge in [-0.2, -0.15) is 0 Å². The highest BCUT2D eigenvalue weighted by Gasteiger charge is 2.32. The van der Waals surface area contributed by atoms with Crippen LogP contribution in [-0.2, 0) is 11.2 Å². The molecule has 2 aliphatic heterocycles. The predicted molar refractivity (Wildman–Crippen MR) is 91.3 cm³/mol. The van der Waals surface area contributed by atoms with E-state index in [9.17, 15) is 0 Å². The van der Waals surface area contributed by atoms with E-state index in [4.69, 9.17) is 4.74 Å². The van der Waals surface area contributed by atoms with Crippen molar-refractivity contribution in [3.63, 3.8) is 0 Å². The number of thioether (sulfide) groups is 1. The first-order valence-electron chi connectivity index (χ1n) is 8.80. The molecule has 0 saturated carbocycles. The molecule has 3 nitrogen and oxygen atoms in total. The fraction of sp³-hybridized carbons (Fsp3) is 0.722. The van der Waals surface area contributed by atoms with Gasteiger partial charge in [-0.3, -0.25) is 9.88 Å². The molecule has 0 aromatic carbocycles. The lowest BCUT2D eigenvalue weighted by Gasteiger charge is -2.26. The van der Waals surface area contributed by atoms with Gasteiger partial charge in [0, 0.05) is 48.7 Å². The van der Waals surface area contributed by atoms with Crippen LogP contribution in [0.5, 0.6) is 0 Å². The maximum atomic E-state index is 5.62. The number of aryl methyl sites for hydroxylation is 1. The molecular formula is C18H26N2OS. The minimum Gasteiger partial charge on any atom is -0.381 e. The van der Waals surface area contributed by atoms with Gasteiger partial charge in [-0.25, -0.2) is 0 Å². The summed E-state index contributed by atoms with van der Waals surface area (Å²) < 4.78 is 5.62. The van der Waals surface area contributed by atoms with Crippen LogP contribution in [0, 0.1) is 0 Å². The molecule has 1 aliphatic carbocycles. The van der Waals surface area contributed by atoms with Gasteiger partial charge in [0.15, 0.2) is 0 Å². The van der Waals surface area contributed by atoms with Crippen LogP contribution >= 0.6 is 11.8 Å². The molecule has 3 atom stereocenters. The maximum Gasteiger partial charge on any atom is 0.0480 e. The molecule has 0 bridgehead atoms. The lowest BCUT2D eigenvalue weighted by molar-refractivity contribution is 0.134. The molecule has 0 spiro atoms. The quantitative estimate of drug-likeness (QED) is 0.852. The third kappa shape index (κ3) is 3.19. The number of hydrogen-bond acceptors (Lipinski definition) is 4. The SMILES string of the molecule is c1cc2c(cn1)CCC2SC1CCN(C2CCCOCC2)C1. The van der Waals surface area contributed by atoms with Crippen LogP contribution in [0.1, 0.15) is 48.5 Å². The summed E-state index contributed by atoms with van der Waals surface area (Å²) in [7, 11) is 0. The molecule has 120 valence electrons. The Balaban J connectivity index is 1.34. The zero-order valence-electron chi connectivity index (χ0n) is 13.2. The Hall–Kier alpha value is -0.580.